The Morgan fingerprint density at radius 2 is 1.87 bits per heavy atom. The first-order chi connectivity index (χ1) is 22.4. The number of amides is 1. The van der Waals surface area contributed by atoms with Crippen molar-refractivity contribution in [2.24, 2.45) is 0 Å². The number of benzene rings is 3. The first-order valence-electron chi connectivity index (χ1n) is 14.9. The predicted octanol–water partition coefficient (Wildman–Crippen LogP) is 5.60. The normalized spacial score (nSPS) is 18.4. The van der Waals surface area contributed by atoms with E-state index in [-0.39, 0.29) is 40.9 Å². The first kappa shape index (κ1) is 30.6. The number of fused-ring (bicyclic) bond motifs is 6. The van der Waals surface area contributed by atoms with Crippen LogP contribution in [0.1, 0.15) is 40.5 Å². The van der Waals surface area contributed by atoms with E-state index < -0.39 is 34.0 Å². The van der Waals surface area contributed by atoms with E-state index in [4.69, 9.17) is 9.40 Å². The molecule has 13 heteroatoms. The number of carbonyl (C=O) groups excluding carboxylic acids is 1. The van der Waals surface area contributed by atoms with E-state index in [1.165, 1.54) is 44.4 Å². The van der Waals surface area contributed by atoms with Crippen molar-refractivity contribution in [2.45, 2.75) is 25.0 Å². The predicted molar refractivity (Wildman–Crippen MR) is 176 cm³/mol. The molecule has 0 radical (unpaired) electrons. The number of aliphatic hydroxyl groups excluding tert-OH is 1. The number of furan rings is 1. The largest absolute Gasteiger partial charge is 0.455 e. The van der Waals surface area contributed by atoms with Gasteiger partial charge in [0.1, 0.15) is 29.1 Å². The second-order valence-corrected chi connectivity index (χ2v) is 13.8. The SMILES string of the molecule is CNC(=O)c1c(-c2ccc(F)cc2)oc2cc(N(C)S(C)(=O)=O)c(-c3ccc4c(n3)C3C(C)c5c(F)cccc5N3C(CO)N4)cc12. The fraction of sp³-hybridized carbons (Fsp3) is 0.235. The minimum absolute atomic E-state index is 0.191. The van der Waals surface area contributed by atoms with Crippen LogP contribution in [0.2, 0.25) is 0 Å². The summed E-state index contributed by atoms with van der Waals surface area (Å²) in [6, 6.07) is 16.7. The lowest BCUT2D eigenvalue weighted by atomic mass is 9.92. The van der Waals surface area contributed by atoms with Crippen LogP contribution in [-0.4, -0.2) is 57.5 Å². The lowest BCUT2D eigenvalue weighted by Gasteiger charge is -2.41. The molecule has 0 bridgehead atoms. The molecule has 2 aliphatic rings. The van der Waals surface area contributed by atoms with E-state index in [2.05, 4.69) is 10.6 Å². The van der Waals surface area contributed by atoms with E-state index in [1.807, 2.05) is 17.9 Å². The Labute approximate surface area is 269 Å². The number of rotatable bonds is 6. The minimum Gasteiger partial charge on any atom is -0.455 e. The smallest absolute Gasteiger partial charge is 0.255 e. The standard InChI is InChI=1S/C34H31F2N5O5S/c1-17-29-22(36)6-5-7-25(29)41-28(16-42)38-24-13-12-23(39-31(24)32(17)41)20-14-21-27(15-26(20)40(3)47(4,44)45)46-33(30(21)34(43)37-2)18-8-10-19(35)11-9-18/h5-15,17,28,32,38,42H,16H2,1-4H3,(H,37,43). The Morgan fingerprint density at radius 3 is 2.55 bits per heavy atom. The highest BCUT2D eigenvalue weighted by Gasteiger charge is 2.46. The number of sulfonamides is 1. The molecule has 0 spiro atoms. The zero-order valence-electron chi connectivity index (χ0n) is 25.9. The number of anilines is 3. The number of pyridine rings is 1. The first-order valence-corrected chi connectivity index (χ1v) is 16.8. The van der Waals surface area contributed by atoms with Gasteiger partial charge in [-0.3, -0.25) is 9.10 Å². The second kappa shape index (κ2) is 11.1. The van der Waals surface area contributed by atoms with Crippen molar-refractivity contribution in [3.8, 4) is 22.6 Å². The minimum atomic E-state index is -3.78. The average Bonchev–Trinajstić information content (AvgIpc) is 3.58. The van der Waals surface area contributed by atoms with Gasteiger partial charge in [-0.1, -0.05) is 13.0 Å². The molecule has 0 fully saturated rings. The Kier molecular flexibility index (Phi) is 7.21. The summed E-state index contributed by atoms with van der Waals surface area (Å²) < 4.78 is 62.0. The Hall–Kier alpha value is -5.01. The lowest BCUT2D eigenvalue weighted by molar-refractivity contribution is 0.0964. The van der Waals surface area contributed by atoms with Gasteiger partial charge in [0.25, 0.3) is 5.91 Å². The van der Waals surface area contributed by atoms with Crippen LogP contribution in [-0.2, 0) is 10.0 Å². The van der Waals surface area contributed by atoms with Crippen LogP contribution in [0.4, 0.5) is 25.8 Å². The van der Waals surface area contributed by atoms with Crippen LogP contribution in [0.5, 0.6) is 0 Å². The number of carbonyl (C=O) groups is 1. The van der Waals surface area contributed by atoms with Gasteiger partial charge in [0, 0.05) is 53.8 Å². The Bertz CT molecular complexity index is 2190. The van der Waals surface area contributed by atoms with Crippen molar-refractivity contribution in [1.82, 2.24) is 10.3 Å². The summed E-state index contributed by atoms with van der Waals surface area (Å²) in [6.07, 6.45) is 0.548. The van der Waals surface area contributed by atoms with Gasteiger partial charge in [0.05, 0.1) is 47.2 Å². The van der Waals surface area contributed by atoms with Crippen LogP contribution in [0, 0.1) is 11.6 Å². The summed E-state index contributed by atoms with van der Waals surface area (Å²) >= 11 is 0. The molecule has 47 heavy (non-hydrogen) atoms. The highest BCUT2D eigenvalue weighted by molar-refractivity contribution is 7.92. The van der Waals surface area contributed by atoms with E-state index in [9.17, 15) is 22.7 Å². The monoisotopic (exact) mass is 659 g/mol. The molecule has 0 saturated carbocycles. The number of hydrogen-bond donors (Lipinski definition) is 3. The summed E-state index contributed by atoms with van der Waals surface area (Å²) in [5.74, 6) is -1.38. The van der Waals surface area contributed by atoms with Crippen LogP contribution >= 0.6 is 0 Å². The highest BCUT2D eigenvalue weighted by Crippen LogP contribution is 2.54. The van der Waals surface area contributed by atoms with Gasteiger partial charge >= 0.3 is 0 Å². The number of aliphatic hydroxyl groups is 1. The quantitative estimate of drug-likeness (QED) is 0.215. The summed E-state index contributed by atoms with van der Waals surface area (Å²) in [7, 11) is -0.882. The fourth-order valence-electron chi connectivity index (χ4n) is 6.77. The van der Waals surface area contributed by atoms with E-state index in [0.29, 0.717) is 44.8 Å². The zero-order valence-corrected chi connectivity index (χ0v) is 26.7. The number of nitrogens with zero attached hydrogens (tertiary/aromatic N) is 3. The molecule has 3 aromatic carbocycles. The summed E-state index contributed by atoms with van der Waals surface area (Å²) in [4.78, 5) is 20.3. The molecule has 3 atom stereocenters. The Balaban J connectivity index is 1.47. The molecule has 4 heterocycles. The molecule has 0 aliphatic carbocycles. The molecule has 1 amide bonds. The topological polar surface area (TPSA) is 128 Å². The van der Waals surface area contributed by atoms with Crippen molar-refractivity contribution < 1.29 is 31.5 Å². The summed E-state index contributed by atoms with van der Waals surface area (Å²) in [5, 5.41) is 16.6. The molecule has 3 unspecified atom stereocenters. The lowest BCUT2D eigenvalue weighted by Crippen LogP contribution is -2.48. The molecule has 3 N–H and O–H groups in total. The molecule has 10 nitrogen and oxygen atoms in total. The van der Waals surface area contributed by atoms with Gasteiger partial charge in [0.2, 0.25) is 10.0 Å². The van der Waals surface area contributed by atoms with Crippen molar-refractivity contribution in [3.05, 3.63) is 95.2 Å². The number of halogens is 2. The van der Waals surface area contributed by atoms with Gasteiger partial charge in [-0.05, 0) is 54.6 Å². The number of nitrogens with one attached hydrogen (secondary N) is 2. The maximum Gasteiger partial charge on any atom is 0.255 e. The van der Waals surface area contributed by atoms with Crippen LogP contribution < -0.4 is 19.8 Å². The average molecular weight is 660 g/mol. The van der Waals surface area contributed by atoms with Crippen LogP contribution in [0.25, 0.3) is 33.6 Å². The van der Waals surface area contributed by atoms with Crippen molar-refractivity contribution >= 4 is 44.0 Å². The van der Waals surface area contributed by atoms with Crippen LogP contribution in [0.15, 0.2) is 71.1 Å². The molecule has 7 rings (SSSR count). The number of hydrogen-bond acceptors (Lipinski definition) is 8. The fourth-order valence-corrected chi connectivity index (χ4v) is 7.28. The zero-order chi connectivity index (χ0) is 33.4. The highest BCUT2D eigenvalue weighted by atomic mass is 32.2. The van der Waals surface area contributed by atoms with Gasteiger partial charge in [-0.2, -0.15) is 0 Å². The van der Waals surface area contributed by atoms with Crippen molar-refractivity contribution in [2.75, 3.05) is 41.5 Å². The maximum atomic E-state index is 15.2. The third-order valence-corrected chi connectivity index (χ3v) is 10.2. The molecular formula is C34H31F2N5O5S. The number of aromatic nitrogens is 1. The molecular weight excluding hydrogens is 628 g/mol. The molecule has 2 aromatic heterocycles. The van der Waals surface area contributed by atoms with Gasteiger partial charge < -0.3 is 25.1 Å². The van der Waals surface area contributed by atoms with Crippen LogP contribution in [0.3, 0.4) is 0 Å². The third-order valence-electron chi connectivity index (χ3n) is 9.05. The summed E-state index contributed by atoms with van der Waals surface area (Å²) in [6.45, 7) is 1.68. The molecule has 242 valence electrons. The van der Waals surface area contributed by atoms with Gasteiger partial charge in [-0.15, -0.1) is 0 Å². The van der Waals surface area contributed by atoms with Crippen molar-refractivity contribution in [3.63, 3.8) is 0 Å². The Morgan fingerprint density at radius 1 is 1.13 bits per heavy atom. The molecule has 2 aliphatic heterocycles. The second-order valence-electron chi connectivity index (χ2n) is 11.8. The van der Waals surface area contributed by atoms with Gasteiger partial charge in [-0.25, -0.2) is 22.2 Å². The van der Waals surface area contributed by atoms with Crippen molar-refractivity contribution in [1.29, 1.82) is 0 Å². The van der Waals surface area contributed by atoms with E-state index >= 15 is 4.39 Å². The summed E-state index contributed by atoms with van der Waals surface area (Å²) in [5.41, 5.74) is 4.37. The third kappa shape index (κ3) is 4.80. The molecule has 5 aromatic rings. The molecule has 0 saturated heterocycles. The maximum absolute atomic E-state index is 15.2. The van der Waals surface area contributed by atoms with Gasteiger partial charge in [0.15, 0.2) is 0 Å². The van der Waals surface area contributed by atoms with E-state index in [0.717, 1.165) is 10.6 Å². The van der Waals surface area contributed by atoms with E-state index in [1.54, 1.807) is 30.3 Å².